The maximum absolute atomic E-state index is 12.5. The lowest BCUT2D eigenvalue weighted by molar-refractivity contribution is 0.0655. The Bertz CT molecular complexity index is 1220. The number of amides is 2. The zero-order valence-electron chi connectivity index (χ0n) is 17.2. The maximum atomic E-state index is 12.5. The molecule has 0 unspecified atom stereocenters. The summed E-state index contributed by atoms with van der Waals surface area (Å²) in [5.41, 5.74) is 2.10. The molecule has 8 heteroatoms. The molecule has 2 aromatic heterocycles. The van der Waals surface area contributed by atoms with E-state index >= 15 is 0 Å². The molecule has 4 aromatic rings. The number of hydrogen-bond donors (Lipinski definition) is 0. The summed E-state index contributed by atoms with van der Waals surface area (Å²) >= 11 is 1.55. The van der Waals surface area contributed by atoms with Crippen LogP contribution in [0.15, 0.2) is 82.6 Å². The Hall–Kier alpha value is -3.65. The van der Waals surface area contributed by atoms with Crippen LogP contribution in [0.1, 0.15) is 32.7 Å². The third-order valence-electron chi connectivity index (χ3n) is 5.28. The molecule has 32 heavy (non-hydrogen) atoms. The second-order valence-corrected chi connectivity index (χ2v) is 8.43. The van der Waals surface area contributed by atoms with Crippen LogP contribution in [-0.2, 0) is 6.54 Å². The van der Waals surface area contributed by atoms with Gasteiger partial charge in [0.05, 0.1) is 23.9 Å². The molecule has 0 N–H and O–H groups in total. The Morgan fingerprint density at radius 3 is 2.25 bits per heavy atom. The number of hydrogen-bond acceptors (Lipinski definition) is 6. The smallest absolute Gasteiger partial charge is 0.261 e. The second kappa shape index (κ2) is 8.84. The summed E-state index contributed by atoms with van der Waals surface area (Å²) in [6.07, 6.45) is 2.27. The van der Waals surface area contributed by atoms with Gasteiger partial charge in [0.25, 0.3) is 11.8 Å². The number of thioether (sulfide) groups is 1. The van der Waals surface area contributed by atoms with Crippen molar-refractivity contribution in [1.29, 1.82) is 0 Å². The lowest BCUT2D eigenvalue weighted by Gasteiger charge is -2.13. The van der Waals surface area contributed by atoms with Gasteiger partial charge in [0, 0.05) is 12.3 Å². The Balaban J connectivity index is 1.27. The monoisotopic (exact) mass is 444 g/mol. The fourth-order valence-corrected chi connectivity index (χ4v) is 4.58. The molecule has 0 saturated heterocycles. The zero-order valence-corrected chi connectivity index (χ0v) is 18.0. The highest BCUT2D eigenvalue weighted by Crippen LogP contribution is 2.27. The van der Waals surface area contributed by atoms with Gasteiger partial charge in [-0.2, -0.15) is 0 Å². The molecule has 0 bridgehead atoms. The van der Waals surface area contributed by atoms with Crippen LogP contribution < -0.4 is 0 Å². The van der Waals surface area contributed by atoms with E-state index in [0.29, 0.717) is 48.0 Å². The number of fused-ring (bicyclic) bond motifs is 1. The molecule has 3 heterocycles. The lowest BCUT2D eigenvalue weighted by Crippen LogP contribution is -2.31. The highest BCUT2D eigenvalue weighted by molar-refractivity contribution is 7.99. The predicted molar refractivity (Wildman–Crippen MR) is 120 cm³/mol. The Labute approximate surface area is 189 Å². The first-order valence-corrected chi connectivity index (χ1v) is 11.3. The summed E-state index contributed by atoms with van der Waals surface area (Å²) in [6.45, 7) is 0.988. The van der Waals surface area contributed by atoms with Gasteiger partial charge < -0.3 is 4.42 Å². The van der Waals surface area contributed by atoms with E-state index in [1.807, 2.05) is 34.9 Å². The number of carbonyl (C=O) groups is 2. The van der Waals surface area contributed by atoms with E-state index in [4.69, 9.17) is 4.42 Å². The molecule has 7 nitrogen and oxygen atoms in total. The average molecular weight is 445 g/mol. The van der Waals surface area contributed by atoms with E-state index in [-0.39, 0.29) is 11.8 Å². The first-order chi connectivity index (χ1) is 15.7. The van der Waals surface area contributed by atoms with Crippen LogP contribution >= 0.6 is 11.8 Å². The molecule has 2 amide bonds. The molecule has 0 radical (unpaired) electrons. The van der Waals surface area contributed by atoms with Crippen molar-refractivity contribution in [3.05, 3.63) is 89.7 Å². The molecule has 5 rings (SSSR count). The summed E-state index contributed by atoms with van der Waals surface area (Å²) < 4.78 is 7.57. The molecule has 160 valence electrons. The highest BCUT2D eigenvalue weighted by Gasteiger charge is 2.34. The van der Waals surface area contributed by atoms with E-state index in [1.165, 1.54) is 4.90 Å². The zero-order chi connectivity index (χ0) is 21.9. The minimum atomic E-state index is -0.219. The first kappa shape index (κ1) is 20.3. The van der Waals surface area contributed by atoms with Crippen molar-refractivity contribution in [2.75, 3.05) is 12.3 Å². The Morgan fingerprint density at radius 2 is 1.56 bits per heavy atom. The minimum absolute atomic E-state index is 0.219. The number of benzene rings is 2. The van der Waals surface area contributed by atoms with E-state index in [9.17, 15) is 9.59 Å². The number of aromatic nitrogens is 3. The number of rotatable bonds is 8. The molecule has 0 fully saturated rings. The van der Waals surface area contributed by atoms with Crippen molar-refractivity contribution in [1.82, 2.24) is 19.7 Å². The van der Waals surface area contributed by atoms with Gasteiger partial charge in [-0.25, -0.2) is 0 Å². The summed E-state index contributed by atoms with van der Waals surface area (Å²) in [5.74, 6) is 1.58. The van der Waals surface area contributed by atoms with Gasteiger partial charge in [-0.3, -0.25) is 19.1 Å². The normalized spacial score (nSPS) is 13.1. The first-order valence-electron chi connectivity index (χ1n) is 10.3. The van der Waals surface area contributed by atoms with Crippen LogP contribution in [-0.4, -0.2) is 43.8 Å². The van der Waals surface area contributed by atoms with Crippen LogP contribution in [0.3, 0.4) is 0 Å². The number of nitrogens with zero attached hydrogens (tertiary/aromatic N) is 4. The fourth-order valence-electron chi connectivity index (χ4n) is 3.72. The molecule has 0 atom stereocenters. The SMILES string of the molecule is O=C1c2ccccc2C(=O)N1CCCSc1nnc(-c2ccco2)n1Cc1ccccc1. The molecule has 2 aromatic carbocycles. The van der Waals surface area contributed by atoms with Gasteiger partial charge in [0.2, 0.25) is 5.82 Å². The van der Waals surface area contributed by atoms with Gasteiger partial charge in [-0.15, -0.1) is 10.2 Å². The maximum Gasteiger partial charge on any atom is 0.261 e. The predicted octanol–water partition coefficient (Wildman–Crippen LogP) is 4.36. The van der Waals surface area contributed by atoms with Crippen LogP contribution in [0.25, 0.3) is 11.6 Å². The summed E-state index contributed by atoms with van der Waals surface area (Å²) in [6, 6.07) is 20.7. The van der Waals surface area contributed by atoms with Gasteiger partial charge in [-0.05, 0) is 36.2 Å². The highest BCUT2D eigenvalue weighted by atomic mass is 32.2. The topological polar surface area (TPSA) is 81.2 Å². The van der Waals surface area contributed by atoms with Crippen molar-refractivity contribution in [3.8, 4) is 11.6 Å². The Morgan fingerprint density at radius 1 is 0.844 bits per heavy atom. The summed E-state index contributed by atoms with van der Waals surface area (Å²) in [4.78, 5) is 26.4. The van der Waals surface area contributed by atoms with E-state index in [0.717, 1.165) is 10.7 Å². The molecular formula is C24H20N4O3S. The van der Waals surface area contributed by atoms with E-state index < -0.39 is 0 Å². The third kappa shape index (κ3) is 3.85. The summed E-state index contributed by atoms with van der Waals surface area (Å²) in [5, 5.41) is 9.48. The van der Waals surface area contributed by atoms with E-state index in [2.05, 4.69) is 22.3 Å². The Kier molecular flexibility index (Phi) is 5.60. The second-order valence-electron chi connectivity index (χ2n) is 7.36. The largest absolute Gasteiger partial charge is 0.461 e. The summed E-state index contributed by atoms with van der Waals surface area (Å²) in [7, 11) is 0. The molecule has 0 aliphatic carbocycles. The fraction of sp³-hybridized carbons (Fsp3) is 0.167. The van der Waals surface area contributed by atoms with Crippen LogP contribution in [0.4, 0.5) is 0 Å². The molecule has 1 aliphatic heterocycles. The van der Waals surface area contributed by atoms with Gasteiger partial charge in [0.1, 0.15) is 0 Å². The van der Waals surface area contributed by atoms with Crippen molar-refractivity contribution >= 4 is 23.6 Å². The quantitative estimate of drug-likeness (QED) is 0.228. The standard InChI is InChI=1S/C24H20N4O3S/c29-22-18-10-4-5-11-19(18)23(30)27(22)13-7-15-32-24-26-25-21(20-12-6-14-31-20)28(24)16-17-8-2-1-3-9-17/h1-6,8-12,14H,7,13,15-16H2. The van der Waals surface area contributed by atoms with Gasteiger partial charge >= 0.3 is 0 Å². The van der Waals surface area contributed by atoms with Crippen LogP contribution in [0.2, 0.25) is 0 Å². The van der Waals surface area contributed by atoms with E-state index in [1.54, 1.807) is 42.3 Å². The van der Waals surface area contributed by atoms with Crippen LogP contribution in [0, 0.1) is 0 Å². The molecular weight excluding hydrogens is 424 g/mol. The van der Waals surface area contributed by atoms with Gasteiger partial charge in [0.15, 0.2) is 10.9 Å². The number of imide groups is 1. The molecule has 0 spiro atoms. The van der Waals surface area contributed by atoms with Crippen molar-refractivity contribution in [3.63, 3.8) is 0 Å². The third-order valence-corrected chi connectivity index (χ3v) is 6.33. The number of carbonyl (C=O) groups excluding carboxylic acids is 2. The minimum Gasteiger partial charge on any atom is -0.461 e. The average Bonchev–Trinajstić information content (AvgIpc) is 3.54. The molecule has 1 aliphatic rings. The van der Waals surface area contributed by atoms with Crippen molar-refractivity contribution in [2.24, 2.45) is 0 Å². The molecule has 0 saturated carbocycles. The van der Waals surface area contributed by atoms with Crippen molar-refractivity contribution < 1.29 is 14.0 Å². The lowest BCUT2D eigenvalue weighted by atomic mass is 10.1. The van der Waals surface area contributed by atoms with Crippen LogP contribution in [0.5, 0.6) is 0 Å². The number of furan rings is 1. The van der Waals surface area contributed by atoms with Gasteiger partial charge in [-0.1, -0.05) is 54.2 Å². The van der Waals surface area contributed by atoms with Crippen molar-refractivity contribution in [2.45, 2.75) is 18.1 Å².